The van der Waals surface area contributed by atoms with Crippen LogP contribution in [0.2, 0.25) is 0 Å². The van der Waals surface area contributed by atoms with Crippen LogP contribution in [-0.2, 0) is 61.6 Å². The van der Waals surface area contributed by atoms with Crippen molar-refractivity contribution < 1.29 is 128 Å². The van der Waals surface area contributed by atoms with Crippen molar-refractivity contribution in [3.8, 4) is 0 Å². The Morgan fingerprint density at radius 1 is 0.446 bits per heavy atom. The summed E-state index contributed by atoms with van der Waals surface area (Å²) in [6.45, 7) is 2.27. The average Bonchev–Trinajstić information content (AvgIpc) is 3.56. The van der Waals surface area contributed by atoms with Gasteiger partial charge in [0.2, 0.25) is 0 Å². The number of nitrogens with two attached hydrogens (primary N) is 1. The van der Waals surface area contributed by atoms with Crippen molar-refractivity contribution in [2.75, 3.05) is 40.1 Å². The Balaban J connectivity index is 1.31. The predicted molar refractivity (Wildman–Crippen MR) is 205 cm³/mol. The second-order valence-electron chi connectivity index (χ2n) is 17.0. The van der Waals surface area contributed by atoms with Crippen LogP contribution < -0.4 is 5.73 Å². The second-order valence-corrected chi connectivity index (χ2v) is 17.0. The lowest BCUT2D eigenvalue weighted by Crippen LogP contribution is -2.67. The molecule has 0 amide bonds. The fourth-order valence-corrected chi connectivity index (χ4v) is 8.47. The lowest BCUT2D eigenvalue weighted by atomic mass is 9.96. The van der Waals surface area contributed by atoms with Crippen LogP contribution in [0.5, 0.6) is 0 Å². The van der Waals surface area contributed by atoms with E-state index < -0.39 is 192 Å². The molecule has 0 aromatic carbocycles. The Bertz CT molecular complexity index is 1450. The Morgan fingerprint density at radius 3 is 1.57 bits per heavy atom. The van der Waals surface area contributed by atoms with E-state index >= 15 is 0 Å². The third kappa shape index (κ3) is 11.4. The van der Waals surface area contributed by atoms with Crippen molar-refractivity contribution in [3.63, 3.8) is 0 Å². The zero-order valence-corrected chi connectivity index (χ0v) is 36.1. The van der Waals surface area contributed by atoms with Gasteiger partial charge in [-0.1, -0.05) is 0 Å². The topological polar surface area (TPSA) is 409 Å². The number of ether oxygens (including phenoxy) is 13. The maximum Gasteiger partial charge on any atom is 0.187 e. The quantitative estimate of drug-likeness (QED) is 0.0602. The molecule has 6 fully saturated rings. The smallest absolute Gasteiger partial charge is 0.187 e. The highest BCUT2D eigenvalue weighted by Crippen LogP contribution is 2.37. The molecule has 0 radical (unpaired) electrons. The van der Waals surface area contributed by atoms with Gasteiger partial charge in [0.05, 0.1) is 44.7 Å². The maximum absolute atomic E-state index is 12.1. The van der Waals surface area contributed by atoms with Crippen LogP contribution in [0.4, 0.5) is 0 Å². The molecule has 6 aliphatic rings. The number of rotatable bonds is 17. The van der Waals surface area contributed by atoms with Crippen molar-refractivity contribution in [2.24, 2.45) is 5.73 Å². The van der Waals surface area contributed by atoms with E-state index in [1.807, 2.05) is 0 Å². The molecule has 6 heterocycles. The van der Waals surface area contributed by atoms with E-state index in [-0.39, 0.29) is 13.2 Å². The first-order valence-corrected chi connectivity index (χ1v) is 21.6. The van der Waals surface area contributed by atoms with Gasteiger partial charge in [-0.2, -0.15) is 0 Å². The number of aliphatic hydroxyl groups is 13. The molecule has 0 spiro atoms. The predicted octanol–water partition coefficient (Wildman–Crippen LogP) is -8.71. The minimum absolute atomic E-state index is 0.0116. The van der Waals surface area contributed by atoms with Crippen molar-refractivity contribution in [2.45, 2.75) is 199 Å². The minimum Gasteiger partial charge on any atom is -0.394 e. The number of methoxy groups -OCH3 is 1. The normalized spacial score (nSPS) is 52.2. The van der Waals surface area contributed by atoms with Crippen LogP contribution in [-0.4, -0.2) is 278 Å². The summed E-state index contributed by atoms with van der Waals surface area (Å²) in [5, 5.41) is 140. The van der Waals surface area contributed by atoms with Gasteiger partial charge < -0.3 is 134 Å². The molecule has 0 aliphatic carbocycles. The van der Waals surface area contributed by atoms with Crippen LogP contribution >= 0.6 is 0 Å². The molecule has 15 N–H and O–H groups in total. The molecule has 0 aromatic rings. The zero-order valence-electron chi connectivity index (χ0n) is 36.1. The van der Waals surface area contributed by atoms with Gasteiger partial charge in [0.1, 0.15) is 116 Å². The number of aliphatic hydroxyl groups excluding tert-OH is 13. The lowest BCUT2D eigenvalue weighted by Gasteiger charge is -2.50. The summed E-state index contributed by atoms with van der Waals surface area (Å²) in [5.74, 6) is 0. The highest BCUT2D eigenvalue weighted by molar-refractivity contribution is 4.99. The van der Waals surface area contributed by atoms with Crippen LogP contribution in [0, 0.1) is 0 Å². The van der Waals surface area contributed by atoms with Crippen molar-refractivity contribution >= 4 is 0 Å². The third-order valence-corrected chi connectivity index (χ3v) is 12.4. The summed E-state index contributed by atoms with van der Waals surface area (Å²) in [6, 6.07) is 0. The first kappa shape index (κ1) is 53.3. The molecule has 0 bridgehead atoms. The van der Waals surface area contributed by atoms with Gasteiger partial charge >= 0.3 is 0 Å². The summed E-state index contributed by atoms with van der Waals surface area (Å²) in [7, 11) is 1.23. The van der Waals surface area contributed by atoms with Gasteiger partial charge in [-0.3, -0.25) is 0 Å². The van der Waals surface area contributed by atoms with Crippen molar-refractivity contribution in [1.82, 2.24) is 0 Å². The van der Waals surface area contributed by atoms with Gasteiger partial charge in [-0.25, -0.2) is 0 Å². The van der Waals surface area contributed by atoms with E-state index in [1.165, 1.54) is 27.9 Å². The highest BCUT2D eigenvalue weighted by Gasteiger charge is 2.57. The molecular weight excluding hydrogens is 886 g/mol. The van der Waals surface area contributed by atoms with E-state index in [2.05, 4.69) is 0 Å². The first-order valence-electron chi connectivity index (χ1n) is 21.6. The number of hydrogen-bond donors (Lipinski definition) is 14. The van der Waals surface area contributed by atoms with Crippen LogP contribution in [0.3, 0.4) is 0 Å². The van der Waals surface area contributed by atoms with E-state index in [4.69, 9.17) is 67.3 Å². The van der Waals surface area contributed by atoms with Crippen molar-refractivity contribution in [1.29, 1.82) is 0 Å². The lowest BCUT2D eigenvalue weighted by molar-refractivity contribution is -0.404. The largest absolute Gasteiger partial charge is 0.394 e. The van der Waals surface area contributed by atoms with E-state index in [1.54, 1.807) is 0 Å². The van der Waals surface area contributed by atoms with Gasteiger partial charge in [0.25, 0.3) is 0 Å². The van der Waals surface area contributed by atoms with Gasteiger partial charge in [0, 0.05) is 7.11 Å². The minimum atomic E-state index is -1.99. The molecule has 6 rings (SSSR count). The summed E-state index contributed by atoms with van der Waals surface area (Å²) in [4.78, 5) is 0. The molecule has 0 aromatic heterocycles. The SMILES string of the molecule is CO[C@@H]1[C@H](O[C@H]2[C@H](OCCCN)O[C@H](CO)[C@H](O[C@@H]3OC[C@H](O)[C@H](O[C@@H]4O[C@@H](C)[C@H](O)[C@@H](O)[C@H]4O)[C@H]3O[C@@H]3O[C@@H](C)[C@H](O)[C@@H](O[C@H]4O[C@@H](CO)[C@H](O)[C@H]4O)[C@H]3O)[C@@H]2O)O[C@@H](C)[C@@H](O)[C@H]1O. The summed E-state index contributed by atoms with van der Waals surface area (Å²) in [5.41, 5.74) is 5.66. The Hall–Kier alpha value is -1.08. The van der Waals surface area contributed by atoms with Gasteiger partial charge in [-0.05, 0) is 33.7 Å². The number of hydrogen-bond acceptors (Lipinski definition) is 27. The summed E-state index contributed by atoms with van der Waals surface area (Å²) < 4.78 is 76.4. The molecule has 6 aliphatic heterocycles. The zero-order chi connectivity index (χ0) is 47.6. The Kier molecular flexibility index (Phi) is 19.0. The standard InChI is InChI=1S/C38H67NO26/c1-11-17(43)21(47)24(50)33(56-11)61-27-14(42)10-55-37(32(27)65-35-26(52)29(19(45)13(3)57-35)63-34-23(49)20(46)15(8-40)59-34)62-28-16(9-41)60-36(54-7-5-6-39)31(25(28)51)64-38-30(53-4)22(48)18(44)12(2)58-38/h11-38,40-52H,5-10,39H2,1-4H3/t11-,12-,13-,14-,15-,16+,17-,18+,19-,20-,21+,22+,23+,24+,25-,26+,27-,28-,29+,30-,31+,32+,33-,34+,35-,36+,37-,38-/m0/s1. The summed E-state index contributed by atoms with van der Waals surface area (Å²) in [6.07, 6.45) is -44.1. The Morgan fingerprint density at radius 2 is 0.954 bits per heavy atom. The fraction of sp³-hybridized carbons (Fsp3) is 1.00. The van der Waals surface area contributed by atoms with Crippen LogP contribution in [0.25, 0.3) is 0 Å². The summed E-state index contributed by atoms with van der Waals surface area (Å²) >= 11 is 0. The molecule has 0 unspecified atom stereocenters. The van der Waals surface area contributed by atoms with Crippen LogP contribution in [0.15, 0.2) is 0 Å². The van der Waals surface area contributed by atoms with Crippen molar-refractivity contribution in [3.05, 3.63) is 0 Å². The third-order valence-electron chi connectivity index (χ3n) is 12.4. The molecule has 65 heavy (non-hydrogen) atoms. The maximum atomic E-state index is 12.1. The molecule has 27 nitrogen and oxygen atoms in total. The van der Waals surface area contributed by atoms with Gasteiger partial charge in [-0.15, -0.1) is 0 Å². The molecule has 27 heteroatoms. The Labute approximate surface area is 372 Å². The first-order chi connectivity index (χ1) is 30.9. The fourth-order valence-electron chi connectivity index (χ4n) is 8.47. The van der Waals surface area contributed by atoms with E-state index in [0.29, 0.717) is 6.42 Å². The van der Waals surface area contributed by atoms with Crippen LogP contribution in [0.1, 0.15) is 27.2 Å². The average molecular weight is 954 g/mol. The molecular formula is C38H67NO26. The van der Waals surface area contributed by atoms with E-state index in [0.717, 1.165) is 0 Å². The highest BCUT2D eigenvalue weighted by atomic mass is 16.8. The van der Waals surface area contributed by atoms with Gasteiger partial charge in [0.15, 0.2) is 37.7 Å². The molecule has 0 saturated carbocycles. The molecule has 28 atom stereocenters. The monoisotopic (exact) mass is 953 g/mol. The molecule has 6 saturated heterocycles. The van der Waals surface area contributed by atoms with E-state index in [9.17, 15) is 66.4 Å². The second kappa shape index (κ2) is 23.2. The molecule has 380 valence electrons.